The summed E-state index contributed by atoms with van der Waals surface area (Å²) in [4.78, 5) is 25.6. The van der Waals surface area contributed by atoms with Gasteiger partial charge in [-0.2, -0.15) is 0 Å². The molecule has 1 saturated heterocycles. The average Bonchev–Trinajstić information content (AvgIpc) is 3.34. The van der Waals surface area contributed by atoms with Crippen molar-refractivity contribution in [2.75, 3.05) is 0 Å². The van der Waals surface area contributed by atoms with Gasteiger partial charge in [-0.3, -0.25) is 9.59 Å². The summed E-state index contributed by atoms with van der Waals surface area (Å²) < 4.78 is 0. The van der Waals surface area contributed by atoms with E-state index < -0.39 is 0 Å². The van der Waals surface area contributed by atoms with Crippen molar-refractivity contribution in [2.24, 2.45) is 0 Å². The lowest BCUT2D eigenvalue weighted by Crippen LogP contribution is -2.45. The molecule has 1 aromatic heterocycles. The summed E-state index contributed by atoms with van der Waals surface area (Å²) in [5, 5.41) is 8.40. The van der Waals surface area contributed by atoms with Crippen LogP contribution in [-0.4, -0.2) is 23.4 Å². The molecule has 2 aromatic rings. The van der Waals surface area contributed by atoms with E-state index in [2.05, 4.69) is 46.3 Å². The normalized spacial score (nSPS) is 22.2. The van der Waals surface area contributed by atoms with Crippen LogP contribution in [0, 0.1) is 0 Å². The van der Waals surface area contributed by atoms with Crippen LogP contribution in [0.15, 0.2) is 41.8 Å². The highest BCUT2D eigenvalue weighted by Crippen LogP contribution is 2.31. The Labute approximate surface area is 158 Å². The molecule has 4 nitrogen and oxygen atoms in total. The first-order valence-corrected chi connectivity index (χ1v) is 10.2. The Morgan fingerprint density at radius 3 is 2.58 bits per heavy atom. The van der Waals surface area contributed by atoms with Gasteiger partial charge in [0.25, 0.3) is 0 Å². The van der Waals surface area contributed by atoms with Gasteiger partial charge >= 0.3 is 0 Å². The average molecular weight is 369 g/mol. The molecule has 1 aromatic carbocycles. The molecule has 0 bridgehead atoms. The van der Waals surface area contributed by atoms with Gasteiger partial charge in [0, 0.05) is 35.7 Å². The number of thiophene rings is 1. The molecule has 1 aliphatic carbocycles. The monoisotopic (exact) mass is 368 g/mol. The molecule has 136 valence electrons. The number of rotatable bonds is 6. The summed E-state index contributed by atoms with van der Waals surface area (Å²) in [7, 11) is 0. The van der Waals surface area contributed by atoms with Crippen LogP contribution in [0.4, 0.5) is 0 Å². The Morgan fingerprint density at radius 2 is 1.96 bits per heavy atom. The van der Waals surface area contributed by atoms with Crippen molar-refractivity contribution < 1.29 is 9.59 Å². The maximum Gasteiger partial charge on any atom is 0.220 e. The number of hydrogen-bond acceptors (Lipinski definition) is 3. The van der Waals surface area contributed by atoms with E-state index in [1.54, 1.807) is 11.3 Å². The van der Waals surface area contributed by atoms with Gasteiger partial charge in [-0.1, -0.05) is 30.3 Å². The third-order valence-corrected chi connectivity index (χ3v) is 6.45. The molecule has 2 heterocycles. The molecule has 1 aliphatic heterocycles. The zero-order valence-electron chi connectivity index (χ0n) is 14.8. The number of carbonyl (C=O) groups is 2. The summed E-state index contributed by atoms with van der Waals surface area (Å²) in [6, 6.07) is 12.7. The fourth-order valence-corrected chi connectivity index (χ4v) is 5.09. The molecule has 1 fully saturated rings. The van der Waals surface area contributed by atoms with E-state index >= 15 is 0 Å². The molecule has 1 unspecified atom stereocenters. The first-order chi connectivity index (χ1) is 12.6. The fraction of sp³-hybridized carbons (Fsp3) is 0.429. The maximum atomic E-state index is 12.5. The van der Waals surface area contributed by atoms with Gasteiger partial charge in [0.2, 0.25) is 11.8 Å². The van der Waals surface area contributed by atoms with Crippen LogP contribution >= 0.6 is 11.3 Å². The van der Waals surface area contributed by atoms with Crippen LogP contribution in [0.5, 0.6) is 0 Å². The Kier molecular flexibility index (Phi) is 4.81. The smallest absolute Gasteiger partial charge is 0.220 e. The Hall–Kier alpha value is -2.14. The quantitative estimate of drug-likeness (QED) is 0.823. The van der Waals surface area contributed by atoms with Crippen molar-refractivity contribution in [3.8, 4) is 0 Å². The third kappa shape index (κ3) is 3.83. The van der Waals surface area contributed by atoms with E-state index in [1.807, 2.05) is 6.07 Å². The molecule has 4 rings (SSSR count). The SMILES string of the molecule is O=C(CCC1(Cc2cccs2)CCC(=O)N1)NC1Cc2ccccc2C1. The molecule has 26 heavy (non-hydrogen) atoms. The minimum atomic E-state index is -0.266. The lowest BCUT2D eigenvalue weighted by Gasteiger charge is -2.29. The summed E-state index contributed by atoms with van der Waals surface area (Å²) in [6.45, 7) is 0. The predicted octanol–water partition coefficient (Wildman–Crippen LogP) is 3.00. The van der Waals surface area contributed by atoms with Gasteiger partial charge in [-0.15, -0.1) is 11.3 Å². The van der Waals surface area contributed by atoms with Gasteiger partial charge in [-0.05, 0) is 48.3 Å². The Balaban J connectivity index is 1.33. The maximum absolute atomic E-state index is 12.5. The minimum Gasteiger partial charge on any atom is -0.353 e. The summed E-state index contributed by atoms with van der Waals surface area (Å²) in [5.74, 6) is 0.197. The predicted molar refractivity (Wildman–Crippen MR) is 103 cm³/mol. The van der Waals surface area contributed by atoms with E-state index in [1.165, 1.54) is 16.0 Å². The second-order valence-electron chi connectivity index (χ2n) is 7.53. The number of carbonyl (C=O) groups excluding carboxylic acids is 2. The first kappa shape index (κ1) is 17.3. The summed E-state index contributed by atoms with van der Waals surface area (Å²) in [6.07, 6.45) is 5.17. The number of amides is 2. The Bertz CT molecular complexity index is 777. The topological polar surface area (TPSA) is 58.2 Å². The Morgan fingerprint density at radius 1 is 1.19 bits per heavy atom. The zero-order chi connectivity index (χ0) is 18.0. The molecule has 2 aliphatic rings. The molecular weight excluding hydrogens is 344 g/mol. The molecular formula is C21H24N2O2S. The summed E-state index contributed by atoms with van der Waals surface area (Å²) in [5.41, 5.74) is 2.42. The van der Waals surface area contributed by atoms with Gasteiger partial charge in [0.15, 0.2) is 0 Å². The molecule has 1 atom stereocenters. The fourth-order valence-electron chi connectivity index (χ4n) is 4.24. The molecule has 2 N–H and O–H groups in total. The highest BCUT2D eigenvalue weighted by molar-refractivity contribution is 7.09. The van der Waals surface area contributed by atoms with E-state index in [-0.39, 0.29) is 23.4 Å². The zero-order valence-corrected chi connectivity index (χ0v) is 15.6. The molecule has 5 heteroatoms. The number of fused-ring (bicyclic) bond motifs is 1. The van der Waals surface area contributed by atoms with E-state index in [9.17, 15) is 9.59 Å². The van der Waals surface area contributed by atoms with Crippen LogP contribution < -0.4 is 10.6 Å². The number of benzene rings is 1. The minimum absolute atomic E-state index is 0.0921. The first-order valence-electron chi connectivity index (χ1n) is 9.31. The highest BCUT2D eigenvalue weighted by Gasteiger charge is 2.38. The standard InChI is InChI=1S/C21H24N2O2S/c24-19(22-17-12-15-4-1-2-5-16(15)13-17)7-9-21(10-8-20(25)23-21)14-18-6-3-11-26-18/h1-6,11,17H,7-10,12-14H2,(H,22,24)(H,23,25). The van der Waals surface area contributed by atoms with Crippen LogP contribution in [0.3, 0.4) is 0 Å². The van der Waals surface area contributed by atoms with Crippen molar-refractivity contribution in [1.82, 2.24) is 10.6 Å². The lowest BCUT2D eigenvalue weighted by atomic mass is 9.87. The number of nitrogens with one attached hydrogen (secondary N) is 2. The van der Waals surface area contributed by atoms with Crippen molar-refractivity contribution in [3.05, 3.63) is 57.8 Å². The molecule has 0 saturated carbocycles. The van der Waals surface area contributed by atoms with Crippen LogP contribution in [0.2, 0.25) is 0 Å². The van der Waals surface area contributed by atoms with Crippen molar-refractivity contribution in [3.63, 3.8) is 0 Å². The molecule has 2 amide bonds. The van der Waals surface area contributed by atoms with E-state index in [0.717, 1.165) is 25.7 Å². The van der Waals surface area contributed by atoms with Crippen molar-refractivity contribution in [1.29, 1.82) is 0 Å². The van der Waals surface area contributed by atoms with Crippen molar-refractivity contribution in [2.45, 2.75) is 56.5 Å². The highest BCUT2D eigenvalue weighted by atomic mass is 32.1. The lowest BCUT2D eigenvalue weighted by molar-refractivity contribution is -0.123. The van der Waals surface area contributed by atoms with Gasteiger partial charge in [0.1, 0.15) is 0 Å². The number of hydrogen-bond donors (Lipinski definition) is 2. The van der Waals surface area contributed by atoms with E-state index in [0.29, 0.717) is 19.3 Å². The van der Waals surface area contributed by atoms with Crippen LogP contribution in [0.25, 0.3) is 0 Å². The van der Waals surface area contributed by atoms with Gasteiger partial charge in [-0.25, -0.2) is 0 Å². The van der Waals surface area contributed by atoms with Gasteiger partial charge < -0.3 is 10.6 Å². The van der Waals surface area contributed by atoms with E-state index in [4.69, 9.17) is 0 Å². The second-order valence-corrected chi connectivity index (χ2v) is 8.56. The molecule has 0 spiro atoms. The second kappa shape index (κ2) is 7.23. The van der Waals surface area contributed by atoms with Gasteiger partial charge in [0.05, 0.1) is 0 Å². The molecule has 0 radical (unpaired) electrons. The van der Waals surface area contributed by atoms with Crippen LogP contribution in [-0.2, 0) is 28.9 Å². The largest absolute Gasteiger partial charge is 0.353 e. The van der Waals surface area contributed by atoms with Crippen LogP contribution in [0.1, 0.15) is 41.7 Å². The summed E-state index contributed by atoms with van der Waals surface area (Å²) >= 11 is 1.71. The van der Waals surface area contributed by atoms with Crippen molar-refractivity contribution >= 4 is 23.2 Å². The third-order valence-electron chi connectivity index (χ3n) is 5.57.